The number of nitrogens with one attached hydrogen (secondary N) is 1. The van der Waals surface area contributed by atoms with Crippen LogP contribution in [-0.2, 0) is 9.59 Å². The number of carbonyl (C=O) groups excluding carboxylic acids is 1. The number of carboxylic acid groups (broad SMARTS) is 1. The molecule has 1 rings (SSSR count). The van der Waals surface area contributed by atoms with Crippen molar-refractivity contribution in [2.24, 2.45) is 0 Å². The SMILES string of the molecule is COc1c(NC(=O)[C@@H](Br)[C@H](Br)C(=O)O)cccc1[N+](=O)[O-]. The molecule has 1 aromatic carbocycles. The number of hydrogen-bond acceptors (Lipinski definition) is 5. The van der Waals surface area contributed by atoms with Crippen LogP contribution in [0.15, 0.2) is 18.2 Å². The Bertz CT molecular complexity index is 580. The summed E-state index contributed by atoms with van der Waals surface area (Å²) in [6.07, 6.45) is 0. The smallest absolute Gasteiger partial charge is 0.318 e. The highest BCUT2D eigenvalue weighted by atomic mass is 79.9. The van der Waals surface area contributed by atoms with E-state index in [2.05, 4.69) is 37.2 Å². The van der Waals surface area contributed by atoms with E-state index in [4.69, 9.17) is 9.84 Å². The number of para-hydroxylation sites is 1. The molecular formula is C11H10Br2N2O6. The Kier molecular flexibility index (Phi) is 6.09. The van der Waals surface area contributed by atoms with Gasteiger partial charge in [0.2, 0.25) is 11.7 Å². The molecule has 0 fully saturated rings. The van der Waals surface area contributed by atoms with E-state index in [1.807, 2.05) is 0 Å². The lowest BCUT2D eigenvalue weighted by atomic mass is 10.2. The maximum absolute atomic E-state index is 11.9. The third kappa shape index (κ3) is 4.14. The van der Waals surface area contributed by atoms with Crippen LogP contribution in [0.2, 0.25) is 0 Å². The standard InChI is InChI=1S/C11H10Br2N2O6/c1-21-9-5(3-2-4-6(9)15(19)20)14-10(16)7(12)8(13)11(17)18/h2-4,7-8H,1H3,(H,14,16)(H,17,18)/t7-,8-/m0/s1. The molecule has 0 saturated heterocycles. The Labute approximate surface area is 135 Å². The number of ether oxygens (including phenoxy) is 1. The van der Waals surface area contributed by atoms with E-state index in [1.165, 1.54) is 25.3 Å². The van der Waals surface area contributed by atoms with Crippen LogP contribution in [0.1, 0.15) is 0 Å². The van der Waals surface area contributed by atoms with Crippen molar-refractivity contribution in [2.75, 3.05) is 12.4 Å². The molecule has 0 radical (unpaired) electrons. The zero-order valence-corrected chi connectivity index (χ0v) is 13.8. The Hall–Kier alpha value is -1.68. The molecule has 0 heterocycles. The number of amides is 1. The molecule has 0 spiro atoms. The topological polar surface area (TPSA) is 119 Å². The van der Waals surface area contributed by atoms with E-state index in [0.717, 1.165) is 0 Å². The summed E-state index contributed by atoms with van der Waals surface area (Å²) in [4.78, 5) is 30.7. The molecule has 0 aliphatic carbocycles. The second-order valence-electron chi connectivity index (χ2n) is 3.75. The van der Waals surface area contributed by atoms with Gasteiger partial charge in [-0.1, -0.05) is 37.9 Å². The van der Waals surface area contributed by atoms with Gasteiger partial charge < -0.3 is 15.2 Å². The summed E-state index contributed by atoms with van der Waals surface area (Å²) < 4.78 is 4.93. The summed E-state index contributed by atoms with van der Waals surface area (Å²) in [5, 5.41) is 22.1. The minimum Gasteiger partial charge on any atom is -0.489 e. The molecule has 21 heavy (non-hydrogen) atoms. The van der Waals surface area contributed by atoms with Crippen molar-refractivity contribution in [3.63, 3.8) is 0 Å². The van der Waals surface area contributed by atoms with Gasteiger partial charge in [0, 0.05) is 6.07 Å². The number of rotatable bonds is 6. The molecule has 2 N–H and O–H groups in total. The molecular weight excluding hydrogens is 416 g/mol. The van der Waals surface area contributed by atoms with Crippen LogP contribution in [0.3, 0.4) is 0 Å². The molecule has 0 saturated carbocycles. The zero-order valence-electron chi connectivity index (χ0n) is 10.6. The van der Waals surface area contributed by atoms with E-state index < -0.39 is 26.5 Å². The van der Waals surface area contributed by atoms with Crippen molar-refractivity contribution in [2.45, 2.75) is 9.65 Å². The van der Waals surface area contributed by atoms with Gasteiger partial charge >= 0.3 is 11.7 Å². The third-order valence-electron chi connectivity index (χ3n) is 2.40. The van der Waals surface area contributed by atoms with Crippen LogP contribution in [0.5, 0.6) is 5.75 Å². The first-order chi connectivity index (χ1) is 9.79. The fourth-order valence-corrected chi connectivity index (χ4v) is 2.02. The van der Waals surface area contributed by atoms with Crippen LogP contribution >= 0.6 is 31.9 Å². The number of alkyl halides is 2. The summed E-state index contributed by atoms with van der Waals surface area (Å²) >= 11 is 5.79. The number of carboxylic acids is 1. The fraction of sp³-hybridized carbons (Fsp3) is 0.273. The predicted octanol–water partition coefficient (Wildman–Crippen LogP) is 2.15. The maximum Gasteiger partial charge on any atom is 0.318 e. The van der Waals surface area contributed by atoms with Gasteiger partial charge in [-0.2, -0.15) is 0 Å². The molecule has 1 aromatic rings. The Morgan fingerprint density at radius 2 is 2.00 bits per heavy atom. The summed E-state index contributed by atoms with van der Waals surface area (Å²) in [6, 6.07) is 4.01. The first-order valence-electron chi connectivity index (χ1n) is 5.42. The van der Waals surface area contributed by atoms with Gasteiger partial charge in [0.05, 0.1) is 17.7 Å². The first kappa shape index (κ1) is 17.4. The highest BCUT2D eigenvalue weighted by molar-refractivity contribution is 9.12. The van der Waals surface area contributed by atoms with Gasteiger partial charge in [0.15, 0.2) is 0 Å². The molecule has 2 atom stereocenters. The summed E-state index contributed by atoms with van der Waals surface area (Å²) in [5.41, 5.74) is -0.235. The fourth-order valence-electron chi connectivity index (χ4n) is 1.44. The lowest BCUT2D eigenvalue weighted by Crippen LogP contribution is -2.34. The Morgan fingerprint density at radius 3 is 2.48 bits per heavy atom. The number of halogens is 2. The quantitative estimate of drug-likeness (QED) is 0.409. The number of hydrogen-bond donors (Lipinski definition) is 2. The van der Waals surface area contributed by atoms with Gasteiger partial charge in [-0.25, -0.2) is 0 Å². The number of nitrogens with zero attached hydrogens (tertiary/aromatic N) is 1. The van der Waals surface area contributed by atoms with Crippen LogP contribution in [0.25, 0.3) is 0 Å². The number of aliphatic carboxylic acids is 1. The summed E-state index contributed by atoms with van der Waals surface area (Å²) in [5.74, 6) is -2.02. The second-order valence-corrected chi connectivity index (χ2v) is 5.72. The average Bonchev–Trinajstić information content (AvgIpc) is 2.44. The van der Waals surface area contributed by atoms with Crippen molar-refractivity contribution < 1.29 is 24.4 Å². The van der Waals surface area contributed by atoms with E-state index in [9.17, 15) is 19.7 Å². The van der Waals surface area contributed by atoms with Crippen molar-refractivity contribution in [1.82, 2.24) is 0 Å². The zero-order chi connectivity index (χ0) is 16.2. The molecule has 8 nitrogen and oxygen atoms in total. The van der Waals surface area contributed by atoms with E-state index >= 15 is 0 Å². The van der Waals surface area contributed by atoms with E-state index in [-0.39, 0.29) is 17.1 Å². The molecule has 0 bridgehead atoms. The molecule has 0 unspecified atom stereocenters. The Morgan fingerprint density at radius 1 is 1.38 bits per heavy atom. The molecule has 0 aliphatic rings. The number of nitro benzene ring substituents is 1. The van der Waals surface area contributed by atoms with Gasteiger partial charge in [-0.3, -0.25) is 19.7 Å². The van der Waals surface area contributed by atoms with Crippen LogP contribution < -0.4 is 10.1 Å². The minimum absolute atomic E-state index is 0.0752. The highest BCUT2D eigenvalue weighted by Gasteiger charge is 2.30. The largest absolute Gasteiger partial charge is 0.489 e. The van der Waals surface area contributed by atoms with Crippen molar-refractivity contribution >= 4 is 55.1 Å². The summed E-state index contributed by atoms with van der Waals surface area (Å²) in [7, 11) is 1.23. The number of anilines is 1. The summed E-state index contributed by atoms with van der Waals surface area (Å²) in [6.45, 7) is 0. The number of carbonyl (C=O) groups is 2. The second kappa shape index (κ2) is 7.36. The van der Waals surface area contributed by atoms with Crippen LogP contribution in [0, 0.1) is 10.1 Å². The van der Waals surface area contributed by atoms with Gasteiger partial charge in [-0.05, 0) is 6.07 Å². The average molecular weight is 426 g/mol. The van der Waals surface area contributed by atoms with E-state index in [0.29, 0.717) is 0 Å². The van der Waals surface area contributed by atoms with Crippen LogP contribution in [0.4, 0.5) is 11.4 Å². The van der Waals surface area contributed by atoms with Gasteiger partial charge in [0.25, 0.3) is 0 Å². The molecule has 10 heteroatoms. The molecule has 0 aliphatic heterocycles. The number of nitro groups is 1. The van der Waals surface area contributed by atoms with Crippen LogP contribution in [-0.4, -0.2) is 38.7 Å². The number of benzene rings is 1. The monoisotopic (exact) mass is 424 g/mol. The molecule has 0 aromatic heterocycles. The predicted molar refractivity (Wildman–Crippen MR) is 81.3 cm³/mol. The number of methoxy groups -OCH3 is 1. The lowest BCUT2D eigenvalue weighted by Gasteiger charge is -2.15. The normalized spacial score (nSPS) is 13.1. The van der Waals surface area contributed by atoms with Gasteiger partial charge in [-0.15, -0.1) is 0 Å². The maximum atomic E-state index is 11.9. The van der Waals surface area contributed by atoms with E-state index in [1.54, 1.807) is 0 Å². The third-order valence-corrected chi connectivity index (χ3v) is 4.97. The first-order valence-corrected chi connectivity index (χ1v) is 7.26. The minimum atomic E-state index is -1.22. The van der Waals surface area contributed by atoms with Gasteiger partial charge in [0.1, 0.15) is 9.65 Å². The molecule has 1 amide bonds. The Balaban J connectivity index is 3.03. The molecule has 114 valence electrons. The lowest BCUT2D eigenvalue weighted by molar-refractivity contribution is -0.385. The van der Waals surface area contributed by atoms with Crippen molar-refractivity contribution in [3.8, 4) is 5.75 Å². The highest BCUT2D eigenvalue weighted by Crippen LogP contribution is 2.34. The van der Waals surface area contributed by atoms with Crippen molar-refractivity contribution in [1.29, 1.82) is 0 Å². The van der Waals surface area contributed by atoms with Crippen molar-refractivity contribution in [3.05, 3.63) is 28.3 Å².